The minimum Gasteiger partial charge on any atom is -0.484 e. The van der Waals surface area contributed by atoms with Gasteiger partial charge in [-0.25, -0.2) is 0 Å². The van der Waals surface area contributed by atoms with Gasteiger partial charge in [0.05, 0.1) is 0 Å². The number of ether oxygens (including phenoxy) is 1. The lowest BCUT2D eigenvalue weighted by Gasteiger charge is -2.17. The zero-order chi connectivity index (χ0) is 19.8. The summed E-state index contributed by atoms with van der Waals surface area (Å²) in [4.78, 5) is 23.8. The van der Waals surface area contributed by atoms with Gasteiger partial charge in [-0.15, -0.1) is 0 Å². The summed E-state index contributed by atoms with van der Waals surface area (Å²) in [6.07, 6.45) is 1.13. The van der Waals surface area contributed by atoms with E-state index in [1.807, 2.05) is 48.5 Å². The minimum absolute atomic E-state index is 0.0212. The molecule has 0 fully saturated rings. The first-order valence-corrected chi connectivity index (χ1v) is 9.42. The lowest BCUT2D eigenvalue weighted by Crippen LogP contribution is -2.21. The Morgan fingerprint density at radius 3 is 2.79 bits per heavy atom. The predicted octanol–water partition coefficient (Wildman–Crippen LogP) is 4.49. The number of nitrogens with one attached hydrogen (secondary N) is 2. The van der Waals surface area contributed by atoms with Crippen LogP contribution in [0.25, 0.3) is 21.9 Å². The highest BCUT2D eigenvalue weighted by Crippen LogP contribution is 2.30. The summed E-state index contributed by atoms with van der Waals surface area (Å²) in [5.41, 5.74) is 4.10. The topological polar surface area (TPSA) is 80.6 Å². The molecule has 0 aliphatic carbocycles. The van der Waals surface area contributed by atoms with Gasteiger partial charge in [0, 0.05) is 28.6 Å². The molecule has 3 aromatic carbocycles. The molecule has 2 N–H and O–H groups in total. The molecule has 4 aromatic rings. The number of hydrogen-bond donors (Lipinski definition) is 2. The van der Waals surface area contributed by atoms with Crippen molar-refractivity contribution in [1.82, 2.24) is 0 Å². The van der Waals surface area contributed by atoms with Crippen molar-refractivity contribution >= 4 is 45.1 Å². The Bertz CT molecular complexity index is 1260. The zero-order valence-corrected chi connectivity index (χ0v) is 15.5. The van der Waals surface area contributed by atoms with Crippen LogP contribution >= 0.6 is 0 Å². The van der Waals surface area contributed by atoms with E-state index in [1.165, 1.54) is 0 Å². The van der Waals surface area contributed by atoms with E-state index in [0.717, 1.165) is 33.2 Å². The zero-order valence-electron chi connectivity index (χ0n) is 15.5. The van der Waals surface area contributed by atoms with Crippen molar-refractivity contribution in [3.8, 4) is 5.75 Å². The summed E-state index contributed by atoms with van der Waals surface area (Å²) < 4.78 is 11.4. The molecule has 2 heterocycles. The second-order valence-corrected chi connectivity index (χ2v) is 7.01. The van der Waals surface area contributed by atoms with E-state index in [9.17, 15) is 9.59 Å². The summed E-state index contributed by atoms with van der Waals surface area (Å²) >= 11 is 0. The molecule has 5 rings (SSSR count). The number of hydrogen-bond acceptors (Lipinski definition) is 4. The van der Waals surface area contributed by atoms with Gasteiger partial charge in [0.15, 0.2) is 6.61 Å². The molecule has 144 valence electrons. The molecule has 0 unspecified atom stereocenters. The van der Waals surface area contributed by atoms with E-state index in [1.54, 1.807) is 12.1 Å². The smallest absolute Gasteiger partial charge is 0.262 e. The van der Waals surface area contributed by atoms with Crippen molar-refractivity contribution in [2.24, 2.45) is 0 Å². The lowest BCUT2D eigenvalue weighted by atomic mass is 10.0. The summed E-state index contributed by atoms with van der Waals surface area (Å²) in [7, 11) is 0. The normalized spacial score (nSPS) is 13.2. The van der Waals surface area contributed by atoms with Crippen LogP contribution in [-0.2, 0) is 16.0 Å². The third kappa shape index (κ3) is 3.40. The summed E-state index contributed by atoms with van der Waals surface area (Å²) in [5, 5.41) is 7.66. The average molecular weight is 386 g/mol. The predicted molar refractivity (Wildman–Crippen MR) is 111 cm³/mol. The summed E-state index contributed by atoms with van der Waals surface area (Å²) in [6, 6.07) is 18.8. The molecule has 6 nitrogen and oxygen atoms in total. The molecule has 1 aliphatic heterocycles. The first kappa shape index (κ1) is 17.3. The van der Waals surface area contributed by atoms with E-state index >= 15 is 0 Å². The van der Waals surface area contributed by atoms with Gasteiger partial charge in [-0.1, -0.05) is 18.2 Å². The Balaban J connectivity index is 1.27. The Kier molecular flexibility index (Phi) is 4.17. The molecule has 2 amide bonds. The van der Waals surface area contributed by atoms with Crippen molar-refractivity contribution in [1.29, 1.82) is 0 Å². The quantitative estimate of drug-likeness (QED) is 0.542. The van der Waals surface area contributed by atoms with Gasteiger partial charge < -0.3 is 19.8 Å². The highest BCUT2D eigenvalue weighted by molar-refractivity contribution is 6.07. The number of carbonyl (C=O) groups is 2. The average Bonchev–Trinajstić information content (AvgIpc) is 3.10. The van der Waals surface area contributed by atoms with Gasteiger partial charge in [0.1, 0.15) is 16.9 Å². The van der Waals surface area contributed by atoms with Gasteiger partial charge in [-0.2, -0.15) is 0 Å². The van der Waals surface area contributed by atoms with Crippen LogP contribution in [0.5, 0.6) is 5.75 Å². The fraction of sp³-hybridized carbons (Fsp3) is 0.130. The third-order valence-electron chi connectivity index (χ3n) is 5.00. The standard InChI is InChI=1S/C23H18N2O4/c26-22-10-5-14-11-16(7-8-19(14)25-22)28-13-23(27)24-15-6-9-21-18(12-15)17-3-1-2-4-20(17)29-21/h1-4,6-9,11-12H,5,10,13H2,(H,24,27)(H,25,26). The van der Waals surface area contributed by atoms with Gasteiger partial charge >= 0.3 is 0 Å². The molecule has 0 spiro atoms. The SMILES string of the molecule is O=C(COc1ccc2c(c1)CCC(=O)N2)Nc1ccc2oc3ccccc3c2c1. The molecular weight excluding hydrogens is 368 g/mol. The van der Waals surface area contributed by atoms with Crippen LogP contribution in [0.2, 0.25) is 0 Å². The maximum atomic E-state index is 12.3. The van der Waals surface area contributed by atoms with Crippen LogP contribution in [0.4, 0.5) is 11.4 Å². The molecule has 0 bridgehead atoms. The number of fused-ring (bicyclic) bond motifs is 4. The van der Waals surface area contributed by atoms with E-state index in [0.29, 0.717) is 24.3 Å². The largest absolute Gasteiger partial charge is 0.484 e. The van der Waals surface area contributed by atoms with Crippen molar-refractivity contribution < 1.29 is 18.7 Å². The summed E-state index contributed by atoms with van der Waals surface area (Å²) in [6.45, 7) is -0.102. The second-order valence-electron chi connectivity index (χ2n) is 7.01. The first-order chi connectivity index (χ1) is 14.2. The first-order valence-electron chi connectivity index (χ1n) is 9.42. The molecule has 0 saturated carbocycles. The van der Waals surface area contributed by atoms with E-state index < -0.39 is 0 Å². The van der Waals surface area contributed by atoms with Gasteiger partial charge in [0.2, 0.25) is 5.91 Å². The number of furan rings is 1. The summed E-state index contributed by atoms with van der Waals surface area (Å²) in [5.74, 6) is 0.377. The number of rotatable bonds is 4. The Morgan fingerprint density at radius 2 is 1.86 bits per heavy atom. The van der Waals surface area contributed by atoms with Crippen LogP contribution in [0.1, 0.15) is 12.0 Å². The lowest BCUT2D eigenvalue weighted by molar-refractivity contribution is -0.118. The van der Waals surface area contributed by atoms with Crippen LogP contribution in [0, 0.1) is 0 Å². The number of para-hydroxylation sites is 1. The molecule has 29 heavy (non-hydrogen) atoms. The third-order valence-corrected chi connectivity index (χ3v) is 5.00. The van der Waals surface area contributed by atoms with Crippen molar-refractivity contribution in [3.63, 3.8) is 0 Å². The van der Waals surface area contributed by atoms with Gasteiger partial charge in [-0.05, 0) is 54.4 Å². The van der Waals surface area contributed by atoms with Gasteiger partial charge in [0.25, 0.3) is 5.91 Å². The van der Waals surface area contributed by atoms with E-state index in [4.69, 9.17) is 9.15 Å². The van der Waals surface area contributed by atoms with Crippen LogP contribution < -0.4 is 15.4 Å². The highest BCUT2D eigenvalue weighted by Gasteiger charge is 2.15. The van der Waals surface area contributed by atoms with E-state index in [-0.39, 0.29) is 18.4 Å². The fourth-order valence-electron chi connectivity index (χ4n) is 3.60. The number of anilines is 2. The molecular formula is C23H18N2O4. The minimum atomic E-state index is -0.247. The molecule has 1 aromatic heterocycles. The Labute approximate surface area is 166 Å². The number of aryl methyl sites for hydroxylation is 1. The molecule has 0 radical (unpaired) electrons. The van der Waals surface area contributed by atoms with Crippen molar-refractivity contribution in [2.75, 3.05) is 17.2 Å². The number of carbonyl (C=O) groups excluding carboxylic acids is 2. The monoisotopic (exact) mass is 386 g/mol. The van der Waals surface area contributed by atoms with Crippen molar-refractivity contribution in [2.45, 2.75) is 12.8 Å². The molecule has 0 saturated heterocycles. The number of benzene rings is 3. The van der Waals surface area contributed by atoms with Crippen LogP contribution in [0.15, 0.2) is 65.1 Å². The molecule has 6 heteroatoms. The van der Waals surface area contributed by atoms with Crippen LogP contribution in [-0.4, -0.2) is 18.4 Å². The van der Waals surface area contributed by atoms with Gasteiger partial charge in [-0.3, -0.25) is 9.59 Å². The maximum Gasteiger partial charge on any atom is 0.262 e. The van der Waals surface area contributed by atoms with Crippen LogP contribution in [0.3, 0.4) is 0 Å². The second kappa shape index (κ2) is 6.98. The number of amides is 2. The highest BCUT2D eigenvalue weighted by atomic mass is 16.5. The van der Waals surface area contributed by atoms with Crippen molar-refractivity contribution in [3.05, 3.63) is 66.2 Å². The molecule has 0 atom stereocenters. The Hall–Kier alpha value is -3.80. The van der Waals surface area contributed by atoms with E-state index in [2.05, 4.69) is 10.6 Å². The fourth-order valence-corrected chi connectivity index (χ4v) is 3.60. The maximum absolute atomic E-state index is 12.3. The molecule has 1 aliphatic rings. The Morgan fingerprint density at radius 1 is 1.00 bits per heavy atom.